The van der Waals surface area contributed by atoms with Crippen LogP contribution >= 0.6 is 0 Å². The lowest BCUT2D eigenvalue weighted by atomic mass is 9.87. The quantitative estimate of drug-likeness (QED) is 0.793. The van der Waals surface area contributed by atoms with Crippen LogP contribution in [0.2, 0.25) is 0 Å². The summed E-state index contributed by atoms with van der Waals surface area (Å²) in [6.45, 7) is 1.79. The smallest absolute Gasteiger partial charge is 0.247 e. The highest BCUT2D eigenvalue weighted by molar-refractivity contribution is 5.38. The van der Waals surface area contributed by atoms with Crippen LogP contribution in [0.3, 0.4) is 0 Å². The molecule has 0 amide bonds. The first-order valence-corrected chi connectivity index (χ1v) is 6.09. The summed E-state index contributed by atoms with van der Waals surface area (Å²) < 4.78 is 6.79. The van der Waals surface area contributed by atoms with E-state index in [4.69, 9.17) is 4.74 Å². The molecule has 100 valence electrons. The van der Waals surface area contributed by atoms with Crippen LogP contribution in [0.4, 0.5) is 5.95 Å². The van der Waals surface area contributed by atoms with Crippen LogP contribution in [-0.4, -0.2) is 51.7 Å². The van der Waals surface area contributed by atoms with Gasteiger partial charge in [0.05, 0.1) is 30.9 Å². The van der Waals surface area contributed by atoms with Crippen molar-refractivity contribution >= 4 is 5.95 Å². The highest BCUT2D eigenvalue weighted by Gasteiger charge is 2.38. The molecular weight excluding hydrogens is 246 g/mol. The van der Waals surface area contributed by atoms with Gasteiger partial charge < -0.3 is 15.2 Å². The van der Waals surface area contributed by atoms with Crippen molar-refractivity contribution in [1.29, 1.82) is 0 Å². The fourth-order valence-electron chi connectivity index (χ4n) is 1.95. The minimum absolute atomic E-state index is 0.0902. The second-order valence-electron chi connectivity index (χ2n) is 4.75. The van der Waals surface area contributed by atoms with Crippen LogP contribution in [0.5, 0.6) is 0 Å². The van der Waals surface area contributed by atoms with Crippen LogP contribution in [0, 0.1) is 5.41 Å². The van der Waals surface area contributed by atoms with Crippen molar-refractivity contribution in [1.82, 2.24) is 20.2 Å². The fourth-order valence-corrected chi connectivity index (χ4v) is 1.95. The van der Waals surface area contributed by atoms with E-state index < -0.39 is 0 Å². The molecule has 0 radical (unpaired) electrons. The van der Waals surface area contributed by atoms with Crippen molar-refractivity contribution in [3.8, 4) is 5.69 Å². The third kappa shape index (κ3) is 2.29. The number of rotatable bonds is 5. The van der Waals surface area contributed by atoms with E-state index in [0.29, 0.717) is 25.7 Å². The van der Waals surface area contributed by atoms with E-state index >= 15 is 0 Å². The molecule has 1 aromatic heterocycles. The summed E-state index contributed by atoms with van der Waals surface area (Å²) in [5.74, 6) is 0.561. The van der Waals surface area contributed by atoms with Gasteiger partial charge in [-0.2, -0.15) is 4.68 Å². The van der Waals surface area contributed by atoms with Gasteiger partial charge >= 0.3 is 0 Å². The molecule has 0 atom stereocenters. The van der Waals surface area contributed by atoms with Gasteiger partial charge in [0.15, 0.2) is 0 Å². The summed E-state index contributed by atoms with van der Waals surface area (Å²) in [6.07, 6.45) is 0. The molecule has 2 heterocycles. The summed E-state index contributed by atoms with van der Waals surface area (Å²) >= 11 is 0. The van der Waals surface area contributed by atoms with Crippen molar-refractivity contribution in [3.63, 3.8) is 0 Å². The van der Waals surface area contributed by atoms with Gasteiger partial charge in [0.2, 0.25) is 5.95 Å². The molecule has 0 spiro atoms. The van der Waals surface area contributed by atoms with Gasteiger partial charge in [-0.3, -0.25) is 0 Å². The summed E-state index contributed by atoms with van der Waals surface area (Å²) in [5.41, 5.74) is 0.672. The van der Waals surface area contributed by atoms with Crippen molar-refractivity contribution in [2.75, 3.05) is 31.7 Å². The number of tetrazole rings is 1. The predicted octanol–water partition coefficient (Wildman–Crippen LogP) is 0.0831. The van der Waals surface area contributed by atoms with E-state index in [9.17, 15) is 5.11 Å². The molecule has 0 aliphatic carbocycles. The van der Waals surface area contributed by atoms with Crippen molar-refractivity contribution in [2.24, 2.45) is 5.41 Å². The number of nitrogens with zero attached hydrogens (tertiary/aromatic N) is 4. The van der Waals surface area contributed by atoms with E-state index in [-0.39, 0.29) is 12.0 Å². The van der Waals surface area contributed by atoms with Crippen LogP contribution in [-0.2, 0) is 4.74 Å². The molecule has 1 saturated heterocycles. The molecule has 1 aliphatic heterocycles. The number of ether oxygens (including phenoxy) is 1. The summed E-state index contributed by atoms with van der Waals surface area (Å²) in [6, 6.07) is 9.64. The Hall–Kier alpha value is -1.99. The SMILES string of the molecule is OCC1(CNc2nnnn2-c2ccccc2)COC1. The van der Waals surface area contributed by atoms with Gasteiger partial charge in [-0.25, -0.2) is 0 Å². The Bertz CT molecular complexity index is 533. The predicted molar refractivity (Wildman–Crippen MR) is 68.0 cm³/mol. The highest BCUT2D eigenvalue weighted by Crippen LogP contribution is 2.27. The average molecular weight is 261 g/mol. The first-order chi connectivity index (χ1) is 9.33. The van der Waals surface area contributed by atoms with E-state index in [2.05, 4.69) is 20.8 Å². The number of benzene rings is 1. The van der Waals surface area contributed by atoms with Crippen molar-refractivity contribution in [3.05, 3.63) is 30.3 Å². The number of para-hydroxylation sites is 1. The zero-order valence-corrected chi connectivity index (χ0v) is 10.4. The van der Waals surface area contributed by atoms with Crippen molar-refractivity contribution < 1.29 is 9.84 Å². The van der Waals surface area contributed by atoms with E-state index in [1.165, 1.54) is 0 Å². The first kappa shape index (κ1) is 12.1. The number of nitrogens with one attached hydrogen (secondary N) is 1. The normalized spacial score (nSPS) is 16.9. The first-order valence-electron chi connectivity index (χ1n) is 6.09. The van der Waals surface area contributed by atoms with Crippen LogP contribution < -0.4 is 5.32 Å². The van der Waals surface area contributed by atoms with E-state index in [1.807, 2.05) is 30.3 Å². The number of aliphatic hydroxyl groups excluding tert-OH is 1. The standard InChI is InChI=1S/C12H15N5O2/c18-7-12(8-19-9-12)6-13-11-14-15-16-17(11)10-4-2-1-3-5-10/h1-5,18H,6-9H2,(H,13,14,16). The molecule has 19 heavy (non-hydrogen) atoms. The number of hydrogen-bond donors (Lipinski definition) is 2. The Kier molecular flexibility index (Phi) is 3.14. The Morgan fingerprint density at radius 1 is 1.32 bits per heavy atom. The maximum atomic E-state index is 9.37. The summed E-state index contributed by atoms with van der Waals surface area (Å²) in [4.78, 5) is 0. The Balaban J connectivity index is 1.74. The zero-order chi connectivity index (χ0) is 13.1. The van der Waals surface area contributed by atoms with Crippen LogP contribution in [0.1, 0.15) is 0 Å². The third-order valence-corrected chi connectivity index (χ3v) is 3.24. The summed E-state index contributed by atoms with van der Waals surface area (Å²) in [7, 11) is 0. The lowest BCUT2D eigenvalue weighted by molar-refractivity contribution is -0.128. The molecule has 0 bridgehead atoms. The molecule has 1 aromatic carbocycles. The third-order valence-electron chi connectivity index (χ3n) is 3.24. The molecular formula is C12H15N5O2. The largest absolute Gasteiger partial charge is 0.396 e. The monoisotopic (exact) mass is 261 g/mol. The Labute approximate surface area is 110 Å². The maximum Gasteiger partial charge on any atom is 0.247 e. The molecule has 0 saturated carbocycles. The Morgan fingerprint density at radius 2 is 2.11 bits per heavy atom. The minimum Gasteiger partial charge on any atom is -0.396 e. The number of aromatic nitrogens is 4. The summed E-state index contributed by atoms with van der Waals surface area (Å²) in [5, 5.41) is 24.1. The number of anilines is 1. The van der Waals surface area contributed by atoms with Crippen LogP contribution in [0.25, 0.3) is 5.69 Å². The van der Waals surface area contributed by atoms with Crippen molar-refractivity contribution in [2.45, 2.75) is 0 Å². The van der Waals surface area contributed by atoms with Gasteiger partial charge in [0, 0.05) is 6.54 Å². The fraction of sp³-hybridized carbons (Fsp3) is 0.417. The van der Waals surface area contributed by atoms with E-state index in [1.54, 1.807) is 4.68 Å². The van der Waals surface area contributed by atoms with E-state index in [0.717, 1.165) is 5.69 Å². The number of hydrogen-bond acceptors (Lipinski definition) is 6. The molecule has 2 aromatic rings. The lowest BCUT2D eigenvalue weighted by Crippen LogP contribution is -2.50. The molecule has 2 N–H and O–H groups in total. The van der Waals surface area contributed by atoms with Gasteiger partial charge in [-0.15, -0.1) is 0 Å². The zero-order valence-electron chi connectivity index (χ0n) is 10.4. The topological polar surface area (TPSA) is 85.1 Å². The second kappa shape index (κ2) is 4.94. The highest BCUT2D eigenvalue weighted by atomic mass is 16.5. The van der Waals surface area contributed by atoms with Gasteiger partial charge in [0.25, 0.3) is 0 Å². The van der Waals surface area contributed by atoms with Gasteiger partial charge in [0.1, 0.15) is 0 Å². The van der Waals surface area contributed by atoms with Crippen LogP contribution in [0.15, 0.2) is 30.3 Å². The Morgan fingerprint density at radius 3 is 2.74 bits per heavy atom. The molecule has 7 nitrogen and oxygen atoms in total. The molecule has 1 aliphatic rings. The maximum absolute atomic E-state index is 9.37. The minimum atomic E-state index is -0.215. The number of aliphatic hydroxyl groups is 1. The molecule has 0 unspecified atom stereocenters. The molecule has 1 fully saturated rings. The second-order valence-corrected chi connectivity index (χ2v) is 4.75. The van der Waals surface area contributed by atoms with Gasteiger partial charge in [-0.1, -0.05) is 23.3 Å². The average Bonchev–Trinajstić information content (AvgIpc) is 2.87. The molecule has 7 heteroatoms. The van der Waals surface area contributed by atoms with Gasteiger partial charge in [-0.05, 0) is 22.6 Å². The lowest BCUT2D eigenvalue weighted by Gasteiger charge is -2.39. The molecule has 3 rings (SSSR count).